The average molecular weight is 497 g/mol. The number of nitrogens with two attached hydrogens (primary N) is 4. The first-order chi connectivity index (χ1) is 15.8. The lowest BCUT2D eigenvalue weighted by atomic mass is 10.1. The van der Waals surface area contributed by atoms with Crippen LogP contribution in [0.3, 0.4) is 0 Å². The molecule has 3 aromatic rings. The second-order valence-corrected chi connectivity index (χ2v) is 7.41. The second kappa shape index (κ2) is 11.8. The SMILES string of the molecule is CN=C(N)c1ccc(N=C(N)c2ccc(Cl)c(C(N)=Nc3ccc(C(N)=NC)cc3)c2)cc1.Cl. The largest absolute Gasteiger partial charge is 0.384 e. The van der Waals surface area contributed by atoms with Gasteiger partial charge in [0.15, 0.2) is 0 Å². The summed E-state index contributed by atoms with van der Waals surface area (Å²) in [7, 11) is 3.27. The van der Waals surface area contributed by atoms with Crippen LogP contribution in [0.5, 0.6) is 0 Å². The van der Waals surface area contributed by atoms with Gasteiger partial charge < -0.3 is 22.9 Å². The standard InChI is InChI=1S/C24H25ClN8.ClH/c1-30-21(26)14-3-8-17(9-4-14)32-23(28)16-7-12-20(25)19(13-16)24(29)33-18-10-5-15(6-11-18)22(27)31-2;/h3-13H,1-2H3,(H2,26,30)(H2,27,31)(H2,28,32)(H2,29,33);1H. The van der Waals surface area contributed by atoms with E-state index in [9.17, 15) is 0 Å². The van der Waals surface area contributed by atoms with Crippen LogP contribution in [-0.4, -0.2) is 37.4 Å². The summed E-state index contributed by atoms with van der Waals surface area (Å²) < 4.78 is 0. The van der Waals surface area contributed by atoms with Crippen LogP contribution in [0.4, 0.5) is 11.4 Å². The normalized spacial score (nSPS) is 12.9. The first-order valence-corrected chi connectivity index (χ1v) is 10.3. The lowest BCUT2D eigenvalue weighted by Gasteiger charge is -2.08. The van der Waals surface area contributed by atoms with E-state index in [1.54, 1.807) is 44.4 Å². The van der Waals surface area contributed by atoms with Gasteiger partial charge in [-0.25, -0.2) is 9.98 Å². The zero-order valence-electron chi connectivity index (χ0n) is 18.7. The van der Waals surface area contributed by atoms with E-state index < -0.39 is 0 Å². The maximum absolute atomic E-state index is 6.37. The van der Waals surface area contributed by atoms with Gasteiger partial charge in [-0.15, -0.1) is 12.4 Å². The fraction of sp³-hybridized carbons (Fsp3) is 0.0833. The van der Waals surface area contributed by atoms with Crippen LogP contribution < -0.4 is 22.9 Å². The van der Waals surface area contributed by atoms with E-state index in [2.05, 4.69) is 20.0 Å². The molecule has 3 aromatic carbocycles. The Balaban J connectivity index is 0.00000408. The lowest BCUT2D eigenvalue weighted by molar-refractivity contribution is 1.38. The predicted octanol–water partition coefficient (Wildman–Crippen LogP) is 3.51. The van der Waals surface area contributed by atoms with Crippen molar-refractivity contribution in [2.45, 2.75) is 0 Å². The van der Waals surface area contributed by atoms with E-state index in [1.807, 2.05) is 36.4 Å². The third-order valence-corrected chi connectivity index (χ3v) is 5.17. The highest BCUT2D eigenvalue weighted by atomic mass is 35.5. The molecule has 34 heavy (non-hydrogen) atoms. The van der Waals surface area contributed by atoms with E-state index in [0.717, 1.165) is 11.1 Å². The third-order valence-electron chi connectivity index (χ3n) is 4.85. The zero-order valence-corrected chi connectivity index (χ0v) is 20.3. The summed E-state index contributed by atoms with van der Waals surface area (Å²) >= 11 is 6.37. The number of benzene rings is 3. The number of hydrogen-bond donors (Lipinski definition) is 4. The van der Waals surface area contributed by atoms with Crippen LogP contribution in [0.25, 0.3) is 0 Å². The minimum atomic E-state index is 0. The quantitative estimate of drug-likeness (QED) is 0.304. The highest BCUT2D eigenvalue weighted by Gasteiger charge is 2.10. The van der Waals surface area contributed by atoms with E-state index in [4.69, 9.17) is 34.5 Å². The minimum absolute atomic E-state index is 0. The summed E-state index contributed by atoms with van der Waals surface area (Å²) in [6.45, 7) is 0. The summed E-state index contributed by atoms with van der Waals surface area (Å²) in [5.41, 5.74) is 28.3. The molecule has 10 heteroatoms. The molecule has 0 aliphatic carbocycles. The molecule has 0 bridgehead atoms. The Labute approximate surface area is 209 Å². The Hall–Kier alpha value is -3.88. The van der Waals surface area contributed by atoms with Gasteiger partial charge in [-0.2, -0.15) is 0 Å². The molecule has 8 N–H and O–H groups in total. The van der Waals surface area contributed by atoms with Gasteiger partial charge >= 0.3 is 0 Å². The number of nitrogens with zero attached hydrogens (tertiary/aromatic N) is 4. The molecule has 0 aromatic heterocycles. The topological polar surface area (TPSA) is 154 Å². The van der Waals surface area contributed by atoms with Crippen molar-refractivity contribution in [1.82, 2.24) is 0 Å². The lowest BCUT2D eigenvalue weighted by Crippen LogP contribution is -2.17. The van der Waals surface area contributed by atoms with Gasteiger partial charge in [0.25, 0.3) is 0 Å². The highest BCUT2D eigenvalue weighted by Crippen LogP contribution is 2.21. The number of hydrogen-bond acceptors (Lipinski definition) is 4. The maximum Gasteiger partial charge on any atom is 0.132 e. The van der Waals surface area contributed by atoms with Gasteiger partial charge in [0.2, 0.25) is 0 Å². The van der Waals surface area contributed by atoms with Gasteiger partial charge in [-0.3, -0.25) is 9.98 Å². The van der Waals surface area contributed by atoms with Crippen LogP contribution in [0, 0.1) is 0 Å². The Morgan fingerprint density at radius 2 is 1.00 bits per heavy atom. The number of aliphatic imine (C=N–C) groups is 4. The van der Waals surface area contributed by atoms with Crippen molar-refractivity contribution in [3.63, 3.8) is 0 Å². The predicted molar refractivity (Wildman–Crippen MR) is 146 cm³/mol. The molecule has 176 valence electrons. The monoisotopic (exact) mass is 496 g/mol. The molecule has 0 aliphatic rings. The third kappa shape index (κ3) is 6.34. The van der Waals surface area contributed by atoms with Crippen molar-refractivity contribution in [1.29, 1.82) is 0 Å². The Kier molecular flexibility index (Phi) is 9.18. The van der Waals surface area contributed by atoms with E-state index >= 15 is 0 Å². The molecule has 3 rings (SSSR count). The smallest absolute Gasteiger partial charge is 0.132 e. The minimum Gasteiger partial charge on any atom is -0.384 e. The van der Waals surface area contributed by atoms with Crippen molar-refractivity contribution >= 4 is 58.7 Å². The van der Waals surface area contributed by atoms with Crippen LogP contribution in [0.15, 0.2) is 86.7 Å². The van der Waals surface area contributed by atoms with Gasteiger partial charge in [0.05, 0.1) is 16.4 Å². The maximum atomic E-state index is 6.37. The van der Waals surface area contributed by atoms with Crippen LogP contribution in [-0.2, 0) is 0 Å². The van der Waals surface area contributed by atoms with E-state index in [1.165, 1.54) is 0 Å². The first kappa shape index (κ1) is 26.4. The number of halogens is 2. The summed E-state index contributed by atoms with van der Waals surface area (Å²) in [5.74, 6) is 1.45. The molecule has 0 saturated heterocycles. The molecular weight excluding hydrogens is 471 g/mol. The van der Waals surface area contributed by atoms with Crippen LogP contribution in [0.1, 0.15) is 22.3 Å². The molecule has 0 amide bonds. The molecular formula is C24H26Cl2N8. The van der Waals surface area contributed by atoms with Crippen molar-refractivity contribution in [2.24, 2.45) is 42.9 Å². The molecule has 0 saturated carbocycles. The molecule has 0 spiro atoms. The van der Waals surface area contributed by atoms with Gasteiger partial charge in [0.1, 0.15) is 23.3 Å². The zero-order chi connectivity index (χ0) is 24.0. The van der Waals surface area contributed by atoms with Crippen molar-refractivity contribution in [3.8, 4) is 0 Å². The fourth-order valence-electron chi connectivity index (χ4n) is 2.96. The molecule has 0 radical (unpaired) electrons. The summed E-state index contributed by atoms with van der Waals surface area (Å²) in [4.78, 5) is 16.9. The van der Waals surface area contributed by atoms with Crippen LogP contribution >= 0.6 is 24.0 Å². The summed E-state index contributed by atoms with van der Waals surface area (Å²) in [6, 6.07) is 19.8. The Morgan fingerprint density at radius 3 is 1.44 bits per heavy atom. The van der Waals surface area contributed by atoms with Crippen molar-refractivity contribution in [2.75, 3.05) is 14.1 Å². The molecule has 8 nitrogen and oxygen atoms in total. The average Bonchev–Trinajstić information content (AvgIpc) is 2.84. The Morgan fingerprint density at radius 1 is 0.588 bits per heavy atom. The first-order valence-electron chi connectivity index (χ1n) is 9.96. The number of rotatable bonds is 6. The van der Waals surface area contributed by atoms with Crippen molar-refractivity contribution in [3.05, 3.63) is 94.0 Å². The molecule has 0 aliphatic heterocycles. The van der Waals surface area contributed by atoms with E-state index in [0.29, 0.717) is 45.0 Å². The van der Waals surface area contributed by atoms with E-state index in [-0.39, 0.29) is 18.2 Å². The second-order valence-electron chi connectivity index (χ2n) is 7.00. The molecule has 0 heterocycles. The van der Waals surface area contributed by atoms with Crippen LogP contribution in [0.2, 0.25) is 5.02 Å². The van der Waals surface area contributed by atoms with Gasteiger partial charge in [-0.05, 0) is 66.7 Å². The Bertz CT molecular complexity index is 1260. The van der Waals surface area contributed by atoms with Gasteiger partial charge in [-0.1, -0.05) is 11.6 Å². The summed E-state index contributed by atoms with van der Waals surface area (Å²) in [5, 5.41) is 0.450. The summed E-state index contributed by atoms with van der Waals surface area (Å²) in [6.07, 6.45) is 0. The van der Waals surface area contributed by atoms with Gasteiger partial charge in [0, 0.05) is 36.3 Å². The highest BCUT2D eigenvalue weighted by molar-refractivity contribution is 6.34. The number of amidine groups is 4. The molecule has 0 atom stereocenters. The molecule has 0 unspecified atom stereocenters. The molecule has 0 fully saturated rings. The fourth-order valence-corrected chi connectivity index (χ4v) is 3.17. The van der Waals surface area contributed by atoms with Crippen molar-refractivity contribution < 1.29 is 0 Å².